The fourth-order valence-electron chi connectivity index (χ4n) is 4.81. The smallest absolute Gasteiger partial charge is 0.431 e. The fourth-order valence-corrected chi connectivity index (χ4v) is 4.81. The van der Waals surface area contributed by atoms with E-state index < -0.39 is 11.1 Å². The first kappa shape index (κ1) is 22.4. The summed E-state index contributed by atoms with van der Waals surface area (Å²) in [5.74, 6) is 1.05. The third kappa shape index (κ3) is 4.94. The number of nitriles is 1. The van der Waals surface area contributed by atoms with Crippen LogP contribution < -0.4 is 10.1 Å². The molecule has 35 heavy (non-hydrogen) atoms. The van der Waals surface area contributed by atoms with Crippen molar-refractivity contribution in [3.63, 3.8) is 0 Å². The van der Waals surface area contributed by atoms with Gasteiger partial charge >= 0.3 is 6.16 Å². The normalized spacial score (nSPS) is 20.6. The minimum Gasteiger partial charge on any atom is -0.431 e. The molecule has 0 saturated heterocycles. The van der Waals surface area contributed by atoms with Gasteiger partial charge in [0.05, 0.1) is 16.9 Å². The van der Waals surface area contributed by atoms with E-state index in [9.17, 15) is 20.2 Å². The van der Waals surface area contributed by atoms with Gasteiger partial charge in [-0.05, 0) is 67.5 Å². The highest BCUT2D eigenvalue weighted by molar-refractivity contribution is 5.64. The monoisotopic (exact) mass is 473 g/mol. The highest BCUT2D eigenvalue weighted by Gasteiger charge is 2.30. The summed E-state index contributed by atoms with van der Waals surface area (Å²) in [6.45, 7) is 0. The maximum Gasteiger partial charge on any atom is 0.514 e. The number of H-pyrrole nitrogens is 1. The molecular formula is C25H23N5O5. The number of nitrogens with zero attached hydrogens (tertiary/aromatic N) is 3. The number of aromatic nitrogens is 2. The van der Waals surface area contributed by atoms with Crippen molar-refractivity contribution in [1.82, 2.24) is 10.2 Å². The number of aryl methyl sites for hydroxylation is 1. The molecule has 0 spiro atoms. The number of non-ortho nitro benzene ring substituents is 1. The van der Waals surface area contributed by atoms with Gasteiger partial charge in [-0.3, -0.25) is 15.2 Å². The van der Waals surface area contributed by atoms with Crippen molar-refractivity contribution in [1.29, 1.82) is 5.26 Å². The highest BCUT2D eigenvalue weighted by atomic mass is 16.7. The van der Waals surface area contributed by atoms with Gasteiger partial charge in [-0.2, -0.15) is 10.4 Å². The van der Waals surface area contributed by atoms with Crippen molar-refractivity contribution < 1.29 is 19.2 Å². The van der Waals surface area contributed by atoms with Crippen LogP contribution in [0.5, 0.6) is 5.75 Å². The third-order valence-corrected chi connectivity index (χ3v) is 6.58. The van der Waals surface area contributed by atoms with E-state index in [1.165, 1.54) is 29.8 Å². The molecule has 1 fully saturated rings. The number of carbonyl (C=O) groups is 1. The van der Waals surface area contributed by atoms with Crippen LogP contribution in [0.1, 0.15) is 54.3 Å². The van der Waals surface area contributed by atoms with Crippen LogP contribution in [-0.2, 0) is 11.2 Å². The lowest BCUT2D eigenvalue weighted by Gasteiger charge is -2.12. The Hall–Kier alpha value is -4.39. The van der Waals surface area contributed by atoms with Crippen LogP contribution in [0.25, 0.3) is 0 Å². The molecule has 10 nitrogen and oxygen atoms in total. The molecule has 2 N–H and O–H groups in total. The Morgan fingerprint density at radius 1 is 1.17 bits per heavy atom. The second kappa shape index (κ2) is 9.46. The average Bonchev–Trinajstić information content (AvgIpc) is 3.59. The summed E-state index contributed by atoms with van der Waals surface area (Å²) in [5.41, 5.74) is 4.13. The van der Waals surface area contributed by atoms with Gasteiger partial charge in [0.25, 0.3) is 5.69 Å². The summed E-state index contributed by atoms with van der Waals surface area (Å²) >= 11 is 0. The number of rotatable bonds is 6. The zero-order valence-electron chi connectivity index (χ0n) is 18.8. The minimum absolute atomic E-state index is 0.0139. The van der Waals surface area contributed by atoms with Crippen molar-refractivity contribution in [3.8, 4) is 11.8 Å². The molecular weight excluding hydrogens is 450 g/mol. The van der Waals surface area contributed by atoms with Crippen LogP contribution in [0.15, 0.2) is 48.5 Å². The van der Waals surface area contributed by atoms with Crippen molar-refractivity contribution in [2.75, 3.05) is 5.32 Å². The zero-order valence-corrected chi connectivity index (χ0v) is 18.8. The average molecular weight is 473 g/mol. The molecule has 178 valence electrons. The second-order valence-electron chi connectivity index (χ2n) is 8.82. The van der Waals surface area contributed by atoms with Gasteiger partial charge in [0.1, 0.15) is 11.9 Å². The molecule has 1 saturated carbocycles. The van der Waals surface area contributed by atoms with Crippen LogP contribution in [0.4, 0.5) is 22.0 Å². The van der Waals surface area contributed by atoms with Gasteiger partial charge in [0.2, 0.25) is 0 Å². The van der Waals surface area contributed by atoms with E-state index in [-0.39, 0.29) is 29.4 Å². The molecule has 0 bridgehead atoms. The van der Waals surface area contributed by atoms with E-state index in [1.54, 1.807) is 0 Å². The number of nitro groups is 1. The number of aromatic amines is 1. The first-order valence-corrected chi connectivity index (χ1v) is 11.5. The van der Waals surface area contributed by atoms with Gasteiger partial charge < -0.3 is 14.8 Å². The summed E-state index contributed by atoms with van der Waals surface area (Å²) in [5, 5.41) is 30.7. The molecule has 10 heteroatoms. The lowest BCUT2D eigenvalue weighted by atomic mass is 10.0. The van der Waals surface area contributed by atoms with Crippen LogP contribution in [0, 0.1) is 21.4 Å². The first-order valence-electron chi connectivity index (χ1n) is 11.5. The van der Waals surface area contributed by atoms with E-state index in [2.05, 4.69) is 27.6 Å². The number of ether oxygens (including phenoxy) is 2. The van der Waals surface area contributed by atoms with E-state index in [0.717, 1.165) is 36.2 Å². The van der Waals surface area contributed by atoms with E-state index in [0.29, 0.717) is 18.7 Å². The van der Waals surface area contributed by atoms with Crippen LogP contribution in [-0.4, -0.2) is 27.4 Å². The second-order valence-corrected chi connectivity index (χ2v) is 8.82. The first-order chi connectivity index (χ1) is 17.0. The van der Waals surface area contributed by atoms with Gasteiger partial charge in [-0.15, -0.1) is 0 Å². The largest absolute Gasteiger partial charge is 0.514 e. The molecule has 0 aliphatic heterocycles. The molecule has 3 aromatic rings. The molecule has 2 aliphatic rings. The van der Waals surface area contributed by atoms with Crippen molar-refractivity contribution >= 4 is 23.3 Å². The van der Waals surface area contributed by atoms with Crippen molar-refractivity contribution in [3.05, 3.63) is 75.5 Å². The number of nitro benzene ring substituents is 1. The Balaban J connectivity index is 1.14. The maximum atomic E-state index is 12.1. The van der Waals surface area contributed by atoms with Crippen LogP contribution in [0.2, 0.25) is 0 Å². The van der Waals surface area contributed by atoms with Gasteiger partial charge in [-0.1, -0.05) is 6.07 Å². The number of nitrogens with one attached hydrogen (secondary N) is 2. The Morgan fingerprint density at radius 3 is 2.77 bits per heavy atom. The van der Waals surface area contributed by atoms with Crippen molar-refractivity contribution in [2.24, 2.45) is 0 Å². The van der Waals surface area contributed by atoms with E-state index in [1.807, 2.05) is 18.2 Å². The fraction of sp³-hybridized carbons (Fsp3) is 0.320. The Kier molecular flexibility index (Phi) is 6.06. The summed E-state index contributed by atoms with van der Waals surface area (Å²) in [4.78, 5) is 22.3. The number of anilines is 2. The summed E-state index contributed by atoms with van der Waals surface area (Å²) in [7, 11) is 0. The number of benzene rings is 2. The molecule has 2 aromatic carbocycles. The molecule has 3 atom stereocenters. The molecule has 1 heterocycles. The topological polar surface area (TPSA) is 143 Å². The Morgan fingerprint density at radius 2 is 2.00 bits per heavy atom. The number of hydrogen-bond donors (Lipinski definition) is 2. The van der Waals surface area contributed by atoms with E-state index in [4.69, 9.17) is 9.47 Å². The standard InChI is InChI=1S/C25H23N5O5/c26-14-17-2-1-15-11-18(4-10-22(15)17)27-24-13-23(28-29-24)16-3-7-21(12-16)35-25(31)34-20-8-5-19(6-9-20)30(32)33/h4-6,8-11,13,16-17,21H,1-3,7,12H2,(H2,27,28,29). The summed E-state index contributed by atoms with van der Waals surface area (Å²) < 4.78 is 10.6. The lowest BCUT2D eigenvalue weighted by Crippen LogP contribution is -2.18. The Bertz CT molecular complexity index is 1300. The summed E-state index contributed by atoms with van der Waals surface area (Å²) in [6, 6.07) is 15.6. The molecule has 2 aliphatic carbocycles. The molecule has 0 amide bonds. The van der Waals surface area contributed by atoms with Crippen LogP contribution >= 0.6 is 0 Å². The van der Waals surface area contributed by atoms with Crippen LogP contribution in [0.3, 0.4) is 0 Å². The van der Waals surface area contributed by atoms with Gasteiger partial charge in [0.15, 0.2) is 5.82 Å². The SMILES string of the molecule is N#CC1CCc2cc(Nc3cc(C4CCC(OC(=O)Oc5ccc([N+](=O)[O-])cc5)C4)[nH]n3)ccc21. The molecule has 3 unspecified atom stereocenters. The lowest BCUT2D eigenvalue weighted by molar-refractivity contribution is -0.384. The van der Waals surface area contributed by atoms with Gasteiger partial charge in [-0.25, -0.2) is 4.79 Å². The predicted octanol–water partition coefficient (Wildman–Crippen LogP) is 5.47. The van der Waals surface area contributed by atoms with Crippen molar-refractivity contribution in [2.45, 2.75) is 50.0 Å². The van der Waals surface area contributed by atoms with Gasteiger partial charge in [0, 0.05) is 35.5 Å². The molecule has 1 aromatic heterocycles. The van der Waals surface area contributed by atoms with E-state index >= 15 is 0 Å². The number of hydrogen-bond acceptors (Lipinski definition) is 8. The number of carbonyl (C=O) groups excluding carboxylic acids is 1. The minimum atomic E-state index is -0.827. The predicted molar refractivity (Wildman–Crippen MR) is 126 cm³/mol. The maximum absolute atomic E-state index is 12.1. The highest BCUT2D eigenvalue weighted by Crippen LogP contribution is 2.37. The zero-order chi connectivity index (χ0) is 24.4. The third-order valence-electron chi connectivity index (χ3n) is 6.58. The quantitative estimate of drug-likeness (QED) is 0.208. The number of fused-ring (bicyclic) bond motifs is 1. The summed E-state index contributed by atoms with van der Waals surface area (Å²) in [6.07, 6.45) is 2.85. The molecule has 5 rings (SSSR count). The Labute approximate surface area is 201 Å². The molecule has 0 radical (unpaired) electrons.